The summed E-state index contributed by atoms with van der Waals surface area (Å²) in [6, 6.07) is 0. The highest BCUT2D eigenvalue weighted by Crippen LogP contribution is 1.85. The first-order valence-corrected chi connectivity index (χ1v) is 2.63. The van der Waals surface area contributed by atoms with Gasteiger partial charge in [0.2, 0.25) is 0 Å². The van der Waals surface area contributed by atoms with Gasteiger partial charge in [0, 0.05) is 0 Å². The summed E-state index contributed by atoms with van der Waals surface area (Å²) < 4.78 is 4.59. The average molecular weight is 130 g/mol. The quantitative estimate of drug-likeness (QED) is 0.427. The van der Waals surface area contributed by atoms with Gasteiger partial charge in [-0.1, -0.05) is 0 Å². The van der Waals surface area contributed by atoms with Crippen molar-refractivity contribution in [2.75, 3.05) is 0 Å². The summed E-state index contributed by atoms with van der Waals surface area (Å²) in [6.07, 6.45) is 0.0648. The highest BCUT2D eigenvalue weighted by Gasteiger charge is 1.99. The molecule has 4 nitrogen and oxygen atoms in total. The lowest BCUT2D eigenvalue weighted by molar-refractivity contribution is 0.121. The van der Waals surface area contributed by atoms with E-state index in [-0.39, 0.29) is 6.10 Å². The molecule has 0 aromatic heterocycles. The second-order valence-electron chi connectivity index (χ2n) is 1.74. The molecule has 0 aromatic carbocycles. The number of hydrogen-bond donors (Lipinski definition) is 2. The number of alkyl carbamates (subject to hydrolysis) is 1. The number of amides is 1. The molecule has 0 fully saturated rings. The van der Waals surface area contributed by atoms with Crippen LogP contribution in [0.1, 0.15) is 13.8 Å². The van der Waals surface area contributed by atoms with Gasteiger partial charge >= 0.3 is 6.09 Å². The first-order valence-electron chi connectivity index (χ1n) is 2.63. The Morgan fingerprint density at radius 1 is 1.78 bits per heavy atom. The number of rotatable bonds is 2. The van der Waals surface area contributed by atoms with E-state index in [0.29, 0.717) is 0 Å². The van der Waals surface area contributed by atoms with Crippen molar-refractivity contribution in [3.63, 3.8) is 0 Å². The third kappa shape index (κ3) is 4.80. The Hall–Kier alpha value is -1.06. The van der Waals surface area contributed by atoms with Crippen molar-refractivity contribution in [1.29, 1.82) is 5.41 Å². The van der Waals surface area contributed by atoms with Gasteiger partial charge in [0.15, 0.2) is 0 Å². The molecule has 0 saturated carbocycles. The lowest BCUT2D eigenvalue weighted by atomic mass is 10.5. The summed E-state index contributed by atoms with van der Waals surface area (Å²) in [4.78, 5) is 10.4. The fraction of sp³-hybridized carbons (Fsp3) is 0.600. The molecule has 0 bridgehead atoms. The monoisotopic (exact) mass is 130 g/mol. The van der Waals surface area contributed by atoms with E-state index in [1.807, 2.05) is 0 Å². The standard InChI is InChI=1S/C5H10N2O2/c1-4(2)9-5(8)7-3-6/h3-4H,1-2H3,(H2,6,7,8). The van der Waals surface area contributed by atoms with E-state index < -0.39 is 6.09 Å². The van der Waals surface area contributed by atoms with Crippen LogP contribution in [0, 0.1) is 5.41 Å². The van der Waals surface area contributed by atoms with E-state index in [0.717, 1.165) is 6.34 Å². The average Bonchev–Trinajstić information content (AvgIpc) is 1.63. The molecule has 1 amide bonds. The molecule has 0 saturated heterocycles. The van der Waals surface area contributed by atoms with Gasteiger partial charge in [0.1, 0.15) is 0 Å². The third-order valence-electron chi connectivity index (χ3n) is 0.533. The van der Waals surface area contributed by atoms with Crippen molar-refractivity contribution in [3.05, 3.63) is 0 Å². The summed E-state index contributed by atoms with van der Waals surface area (Å²) in [5.41, 5.74) is 0. The fourth-order valence-electron chi connectivity index (χ4n) is 0.307. The predicted octanol–water partition coefficient (Wildman–Crippen LogP) is 0.728. The van der Waals surface area contributed by atoms with Gasteiger partial charge in [0.05, 0.1) is 12.4 Å². The van der Waals surface area contributed by atoms with Crippen molar-refractivity contribution in [2.45, 2.75) is 20.0 Å². The summed E-state index contributed by atoms with van der Waals surface area (Å²) in [5, 5.41) is 8.50. The van der Waals surface area contributed by atoms with Crippen LogP contribution < -0.4 is 5.32 Å². The zero-order valence-corrected chi connectivity index (χ0v) is 5.47. The van der Waals surface area contributed by atoms with Gasteiger partial charge in [-0.2, -0.15) is 0 Å². The molecular weight excluding hydrogens is 120 g/mol. The second kappa shape index (κ2) is 3.88. The van der Waals surface area contributed by atoms with E-state index in [4.69, 9.17) is 5.41 Å². The summed E-state index contributed by atoms with van der Waals surface area (Å²) in [5.74, 6) is 0. The molecule has 0 aromatic rings. The lowest BCUT2D eigenvalue weighted by Gasteiger charge is -2.04. The van der Waals surface area contributed by atoms with Crippen LogP contribution in [-0.4, -0.2) is 18.5 Å². The highest BCUT2D eigenvalue weighted by molar-refractivity contribution is 5.80. The molecule has 0 radical (unpaired) electrons. The summed E-state index contributed by atoms with van der Waals surface area (Å²) in [7, 11) is 0. The van der Waals surface area contributed by atoms with Crippen LogP contribution in [0.2, 0.25) is 0 Å². The first kappa shape index (κ1) is 7.94. The largest absolute Gasteiger partial charge is 0.447 e. The molecule has 0 unspecified atom stereocenters. The Morgan fingerprint density at radius 2 is 2.33 bits per heavy atom. The summed E-state index contributed by atoms with van der Waals surface area (Å²) >= 11 is 0. The number of carbonyl (C=O) groups excluding carboxylic acids is 1. The second-order valence-corrected chi connectivity index (χ2v) is 1.74. The zero-order chi connectivity index (χ0) is 7.28. The minimum atomic E-state index is -0.583. The zero-order valence-electron chi connectivity index (χ0n) is 5.47. The fourth-order valence-corrected chi connectivity index (χ4v) is 0.307. The minimum Gasteiger partial charge on any atom is -0.447 e. The maximum Gasteiger partial charge on any atom is 0.412 e. The van der Waals surface area contributed by atoms with Crippen molar-refractivity contribution in [1.82, 2.24) is 5.32 Å². The molecule has 0 heterocycles. The normalized spacial score (nSPS) is 8.78. The van der Waals surface area contributed by atoms with Crippen molar-refractivity contribution >= 4 is 12.4 Å². The van der Waals surface area contributed by atoms with Crippen LogP contribution in [0.5, 0.6) is 0 Å². The Kier molecular flexibility index (Phi) is 3.43. The van der Waals surface area contributed by atoms with E-state index in [1.165, 1.54) is 0 Å². The van der Waals surface area contributed by atoms with Gasteiger partial charge in [-0.3, -0.25) is 10.7 Å². The van der Waals surface area contributed by atoms with Crippen molar-refractivity contribution < 1.29 is 9.53 Å². The molecule has 0 atom stereocenters. The molecule has 9 heavy (non-hydrogen) atoms. The van der Waals surface area contributed by atoms with Crippen LogP contribution >= 0.6 is 0 Å². The molecule has 2 N–H and O–H groups in total. The first-order chi connectivity index (χ1) is 4.16. The molecule has 0 aliphatic heterocycles. The number of hydrogen-bond acceptors (Lipinski definition) is 3. The van der Waals surface area contributed by atoms with Crippen molar-refractivity contribution in [3.8, 4) is 0 Å². The number of carbonyl (C=O) groups is 1. The molecule has 0 aliphatic carbocycles. The maximum atomic E-state index is 10.4. The Labute approximate surface area is 53.7 Å². The Balaban J connectivity index is 3.38. The van der Waals surface area contributed by atoms with E-state index in [1.54, 1.807) is 13.8 Å². The molecule has 4 heteroatoms. The Bertz CT molecular complexity index is 112. The van der Waals surface area contributed by atoms with E-state index in [2.05, 4.69) is 10.1 Å². The van der Waals surface area contributed by atoms with E-state index in [9.17, 15) is 4.79 Å². The molecular formula is C5H10N2O2. The Morgan fingerprint density at radius 3 is 2.67 bits per heavy atom. The smallest absolute Gasteiger partial charge is 0.412 e. The SMILES string of the molecule is CC(C)OC(=O)NC=N. The van der Waals surface area contributed by atoms with Crippen LogP contribution in [0.3, 0.4) is 0 Å². The minimum absolute atomic E-state index is 0.134. The number of nitrogens with one attached hydrogen (secondary N) is 2. The molecule has 0 rings (SSSR count). The molecule has 0 aliphatic rings. The van der Waals surface area contributed by atoms with Crippen LogP contribution in [0.4, 0.5) is 4.79 Å². The van der Waals surface area contributed by atoms with Gasteiger partial charge < -0.3 is 4.74 Å². The van der Waals surface area contributed by atoms with Gasteiger partial charge in [0.25, 0.3) is 0 Å². The highest BCUT2D eigenvalue weighted by atomic mass is 16.6. The summed E-state index contributed by atoms with van der Waals surface area (Å²) in [6.45, 7) is 3.48. The molecule has 52 valence electrons. The maximum absolute atomic E-state index is 10.4. The van der Waals surface area contributed by atoms with Crippen molar-refractivity contribution in [2.24, 2.45) is 0 Å². The van der Waals surface area contributed by atoms with Gasteiger partial charge in [-0.05, 0) is 13.8 Å². The van der Waals surface area contributed by atoms with Gasteiger partial charge in [-0.15, -0.1) is 0 Å². The van der Waals surface area contributed by atoms with E-state index >= 15 is 0 Å². The lowest BCUT2D eigenvalue weighted by Crippen LogP contribution is -2.24. The number of ether oxygens (including phenoxy) is 1. The molecule has 0 spiro atoms. The predicted molar refractivity (Wildman–Crippen MR) is 33.5 cm³/mol. The topological polar surface area (TPSA) is 62.2 Å². The van der Waals surface area contributed by atoms with Crippen LogP contribution in [0.15, 0.2) is 0 Å². The van der Waals surface area contributed by atoms with Crippen LogP contribution in [-0.2, 0) is 4.74 Å². The van der Waals surface area contributed by atoms with Crippen LogP contribution in [0.25, 0.3) is 0 Å². The third-order valence-corrected chi connectivity index (χ3v) is 0.533. The van der Waals surface area contributed by atoms with Gasteiger partial charge in [-0.25, -0.2) is 4.79 Å².